The predicted octanol–water partition coefficient (Wildman–Crippen LogP) is 11.0. The molecule has 2 heterocycles. The van der Waals surface area contributed by atoms with Gasteiger partial charge in [0.2, 0.25) is 0 Å². The summed E-state index contributed by atoms with van der Waals surface area (Å²) in [7, 11) is 0. The van der Waals surface area contributed by atoms with Gasteiger partial charge in [-0.2, -0.15) is 0 Å². The number of carbonyl (C=O) groups is 2. The van der Waals surface area contributed by atoms with Gasteiger partial charge in [-0.3, -0.25) is 9.59 Å². The number of hydrogen-bond donors (Lipinski definition) is 0. The van der Waals surface area contributed by atoms with Crippen molar-refractivity contribution in [2.24, 2.45) is 0 Å². The molecule has 0 fully saturated rings. The van der Waals surface area contributed by atoms with Crippen LogP contribution in [-0.2, 0) is 0 Å². The quantitative estimate of drug-likeness (QED) is 0.152. The molecular formula is C44H30N2O4. The Hall–Kier alpha value is -6.92. The maximum absolute atomic E-state index is 10.9. The normalized spacial score (nSPS) is 10.6. The van der Waals surface area contributed by atoms with Gasteiger partial charge in [0.15, 0.2) is 11.5 Å². The average Bonchev–Trinajstić information content (AvgIpc) is 3.91. The lowest BCUT2D eigenvalue weighted by Gasteiger charge is -2.07. The third-order valence-corrected chi connectivity index (χ3v) is 8.26. The molecule has 0 saturated carbocycles. The number of aromatic nitrogens is 2. The van der Waals surface area contributed by atoms with E-state index in [0.29, 0.717) is 11.1 Å². The van der Waals surface area contributed by atoms with E-state index in [1.54, 1.807) is 0 Å². The summed E-state index contributed by atoms with van der Waals surface area (Å²) in [6.45, 7) is 0. The first-order chi connectivity index (χ1) is 24.7. The van der Waals surface area contributed by atoms with Gasteiger partial charge in [0, 0.05) is 45.5 Å². The Kier molecular flexibility index (Phi) is 9.42. The summed E-state index contributed by atoms with van der Waals surface area (Å²) in [5.41, 5.74) is 11.0. The molecule has 6 aromatic carbocycles. The van der Waals surface area contributed by atoms with Gasteiger partial charge in [-0.05, 0) is 22.3 Å². The third-order valence-electron chi connectivity index (χ3n) is 8.26. The van der Waals surface area contributed by atoms with Crippen LogP contribution < -0.4 is 0 Å². The van der Waals surface area contributed by atoms with Crippen LogP contribution in [0.2, 0.25) is 0 Å². The van der Waals surface area contributed by atoms with Gasteiger partial charge in [-0.1, -0.05) is 168 Å². The van der Waals surface area contributed by atoms with Gasteiger partial charge in [0.25, 0.3) is 0 Å². The number of rotatable bonds is 8. The number of nitrogens with zero attached hydrogens (tertiary/aromatic N) is 2. The zero-order valence-corrected chi connectivity index (χ0v) is 26.8. The summed E-state index contributed by atoms with van der Waals surface area (Å²) in [5, 5.41) is 8.50. The molecule has 0 saturated heterocycles. The number of aldehydes is 2. The van der Waals surface area contributed by atoms with E-state index in [4.69, 9.17) is 9.05 Å². The molecule has 0 radical (unpaired) electrons. The fourth-order valence-corrected chi connectivity index (χ4v) is 5.68. The van der Waals surface area contributed by atoms with Crippen molar-refractivity contribution in [1.29, 1.82) is 0 Å². The van der Waals surface area contributed by atoms with E-state index in [0.717, 1.165) is 80.0 Å². The molecule has 2 aromatic heterocycles. The Morgan fingerprint density at radius 1 is 0.360 bits per heavy atom. The van der Waals surface area contributed by atoms with Crippen molar-refractivity contribution in [2.75, 3.05) is 0 Å². The van der Waals surface area contributed by atoms with Gasteiger partial charge in [0.1, 0.15) is 24.0 Å². The first-order valence-corrected chi connectivity index (χ1v) is 16.0. The Morgan fingerprint density at radius 2 is 0.700 bits per heavy atom. The summed E-state index contributed by atoms with van der Waals surface area (Å²) in [4.78, 5) is 21.7. The highest BCUT2D eigenvalue weighted by atomic mass is 16.5. The smallest absolute Gasteiger partial charge is 0.167 e. The van der Waals surface area contributed by atoms with Gasteiger partial charge < -0.3 is 9.05 Å². The van der Waals surface area contributed by atoms with Crippen LogP contribution in [-0.4, -0.2) is 22.9 Å². The van der Waals surface area contributed by atoms with E-state index in [2.05, 4.69) is 10.3 Å². The van der Waals surface area contributed by atoms with Crippen LogP contribution in [0.3, 0.4) is 0 Å². The van der Waals surface area contributed by atoms with Crippen molar-refractivity contribution in [3.63, 3.8) is 0 Å². The summed E-state index contributed by atoms with van der Waals surface area (Å²) in [6, 6.07) is 54.8. The molecule has 0 aliphatic carbocycles. The van der Waals surface area contributed by atoms with Crippen LogP contribution in [0.15, 0.2) is 179 Å². The monoisotopic (exact) mass is 650 g/mol. The Bertz CT molecular complexity index is 2170. The van der Waals surface area contributed by atoms with E-state index < -0.39 is 0 Å². The highest BCUT2D eigenvalue weighted by Crippen LogP contribution is 2.35. The second kappa shape index (κ2) is 14.9. The molecule has 0 bridgehead atoms. The standard InChI is InChI=1S/2C22H15NO2/c2*24-15-16-10-12-17(13-11-16)19-8-4-5-9-20(19)21-14-22(25-23-21)18-6-2-1-3-7-18/h2*1-15H. The fourth-order valence-electron chi connectivity index (χ4n) is 5.68. The second-order valence-corrected chi connectivity index (χ2v) is 11.5. The summed E-state index contributed by atoms with van der Waals surface area (Å²) in [5.74, 6) is 1.48. The van der Waals surface area contributed by atoms with E-state index in [9.17, 15) is 9.59 Å². The van der Waals surface area contributed by atoms with Crippen LogP contribution >= 0.6 is 0 Å². The predicted molar refractivity (Wildman–Crippen MR) is 196 cm³/mol. The van der Waals surface area contributed by atoms with Crippen molar-refractivity contribution in [3.05, 3.63) is 181 Å². The average molecular weight is 651 g/mol. The molecule has 8 rings (SSSR count). The molecular weight excluding hydrogens is 620 g/mol. The van der Waals surface area contributed by atoms with E-state index in [-0.39, 0.29) is 0 Å². The minimum absolute atomic E-state index is 0.661. The summed E-state index contributed by atoms with van der Waals surface area (Å²) < 4.78 is 11.1. The number of carbonyl (C=O) groups excluding carboxylic acids is 2. The molecule has 50 heavy (non-hydrogen) atoms. The molecule has 0 unspecified atom stereocenters. The zero-order chi connectivity index (χ0) is 34.1. The summed E-state index contributed by atoms with van der Waals surface area (Å²) in [6.07, 6.45) is 1.69. The minimum Gasteiger partial charge on any atom is -0.356 e. The first kappa shape index (κ1) is 31.7. The molecule has 6 heteroatoms. The van der Waals surface area contributed by atoms with Crippen molar-refractivity contribution in [2.45, 2.75) is 0 Å². The van der Waals surface area contributed by atoms with E-state index in [1.165, 1.54) is 0 Å². The Morgan fingerprint density at radius 3 is 1.06 bits per heavy atom. The van der Waals surface area contributed by atoms with Crippen molar-refractivity contribution >= 4 is 12.6 Å². The van der Waals surface area contributed by atoms with Crippen molar-refractivity contribution in [1.82, 2.24) is 10.3 Å². The third kappa shape index (κ3) is 7.00. The Balaban J connectivity index is 0.000000157. The molecule has 0 N–H and O–H groups in total. The zero-order valence-electron chi connectivity index (χ0n) is 26.8. The van der Waals surface area contributed by atoms with Crippen LogP contribution in [0.4, 0.5) is 0 Å². The lowest BCUT2D eigenvalue weighted by Crippen LogP contribution is -1.86. The molecule has 0 atom stereocenters. The largest absolute Gasteiger partial charge is 0.356 e. The number of benzene rings is 6. The molecule has 0 spiro atoms. The summed E-state index contributed by atoms with van der Waals surface area (Å²) >= 11 is 0. The van der Waals surface area contributed by atoms with Crippen molar-refractivity contribution in [3.8, 4) is 67.4 Å². The van der Waals surface area contributed by atoms with Gasteiger partial charge in [-0.15, -0.1) is 0 Å². The minimum atomic E-state index is 0.661. The topological polar surface area (TPSA) is 86.2 Å². The molecule has 6 nitrogen and oxygen atoms in total. The van der Waals surface area contributed by atoms with Crippen LogP contribution in [0.25, 0.3) is 67.4 Å². The van der Waals surface area contributed by atoms with Crippen LogP contribution in [0.5, 0.6) is 0 Å². The van der Waals surface area contributed by atoms with Gasteiger partial charge >= 0.3 is 0 Å². The SMILES string of the molecule is O=Cc1ccc(-c2ccccc2-c2cc(-c3ccccc3)on2)cc1.O=Cc1ccc(-c2ccccc2-c2cc(-c3ccccc3)on2)cc1. The molecule has 0 aliphatic heterocycles. The molecule has 8 aromatic rings. The molecule has 0 amide bonds. The van der Waals surface area contributed by atoms with Crippen LogP contribution in [0, 0.1) is 0 Å². The molecule has 240 valence electrons. The van der Waals surface area contributed by atoms with Gasteiger partial charge in [0.05, 0.1) is 0 Å². The van der Waals surface area contributed by atoms with Crippen molar-refractivity contribution < 1.29 is 18.6 Å². The first-order valence-electron chi connectivity index (χ1n) is 16.0. The van der Waals surface area contributed by atoms with E-state index in [1.807, 2.05) is 170 Å². The van der Waals surface area contributed by atoms with E-state index >= 15 is 0 Å². The van der Waals surface area contributed by atoms with Crippen LogP contribution in [0.1, 0.15) is 20.7 Å². The lowest BCUT2D eigenvalue weighted by atomic mass is 9.96. The lowest BCUT2D eigenvalue weighted by molar-refractivity contribution is 0.111. The maximum atomic E-state index is 10.9. The second-order valence-electron chi connectivity index (χ2n) is 11.5. The molecule has 0 aliphatic rings. The number of hydrogen-bond acceptors (Lipinski definition) is 6. The highest BCUT2D eigenvalue weighted by molar-refractivity contribution is 5.86. The van der Waals surface area contributed by atoms with Gasteiger partial charge in [-0.25, -0.2) is 0 Å². The highest BCUT2D eigenvalue weighted by Gasteiger charge is 2.14. The Labute approximate surface area is 289 Å². The maximum Gasteiger partial charge on any atom is 0.167 e. The fraction of sp³-hybridized carbons (Fsp3) is 0.